The number of rotatable bonds is 3. The molecule has 0 spiro atoms. The molecule has 0 saturated heterocycles. The van der Waals surface area contributed by atoms with Gasteiger partial charge < -0.3 is 5.73 Å². The van der Waals surface area contributed by atoms with E-state index in [0.29, 0.717) is 6.92 Å². The second kappa shape index (κ2) is 4.70. The number of halogens is 6. The Morgan fingerprint density at radius 1 is 1.32 bits per heavy atom. The van der Waals surface area contributed by atoms with Crippen molar-refractivity contribution in [2.45, 2.75) is 31.7 Å². The van der Waals surface area contributed by atoms with Crippen molar-refractivity contribution < 1.29 is 31.1 Å². The molecule has 0 aliphatic rings. The maximum atomic E-state index is 12.7. The minimum absolute atomic E-state index is 0.307. The van der Waals surface area contributed by atoms with Crippen molar-refractivity contribution in [1.29, 1.82) is 0 Å². The van der Waals surface area contributed by atoms with E-state index in [-0.39, 0.29) is 4.68 Å². The van der Waals surface area contributed by atoms with Gasteiger partial charge in [0.15, 0.2) is 5.69 Å². The highest BCUT2D eigenvalue weighted by atomic mass is 19.4. The maximum Gasteiger partial charge on any atom is 0.434 e. The molecule has 1 aromatic heterocycles. The Bertz CT molecular complexity index is 477. The summed E-state index contributed by atoms with van der Waals surface area (Å²) in [5.74, 6) is -1.16. The van der Waals surface area contributed by atoms with Crippen LogP contribution in [0.5, 0.6) is 0 Å². The minimum atomic E-state index is -5.13. The van der Waals surface area contributed by atoms with E-state index in [1.54, 1.807) is 0 Å². The Balaban J connectivity index is 3.34. The van der Waals surface area contributed by atoms with Crippen LogP contribution in [0.25, 0.3) is 0 Å². The SMILES string of the molecule is CC(n1nnc(CC(N)=O)c1C(F)(F)F)C(F)(F)F. The summed E-state index contributed by atoms with van der Waals surface area (Å²) < 4.78 is 75.1. The minimum Gasteiger partial charge on any atom is -0.369 e. The number of nitrogens with zero attached hydrogens (tertiary/aromatic N) is 3. The van der Waals surface area contributed by atoms with Crippen molar-refractivity contribution in [3.8, 4) is 0 Å². The van der Waals surface area contributed by atoms with E-state index >= 15 is 0 Å². The number of aromatic nitrogens is 3. The van der Waals surface area contributed by atoms with Crippen molar-refractivity contribution in [2.24, 2.45) is 5.73 Å². The lowest BCUT2D eigenvalue weighted by Gasteiger charge is -2.19. The molecule has 1 unspecified atom stereocenters. The van der Waals surface area contributed by atoms with Gasteiger partial charge in [0.25, 0.3) is 0 Å². The van der Waals surface area contributed by atoms with Gasteiger partial charge in [-0.1, -0.05) is 5.21 Å². The first kappa shape index (κ1) is 15.2. The zero-order chi connectivity index (χ0) is 15.0. The third-order valence-electron chi connectivity index (χ3n) is 2.21. The molecule has 0 radical (unpaired) electrons. The van der Waals surface area contributed by atoms with Crippen molar-refractivity contribution in [3.05, 3.63) is 11.4 Å². The summed E-state index contributed by atoms with van der Waals surface area (Å²) in [5.41, 5.74) is 2.04. The predicted molar refractivity (Wildman–Crippen MR) is 48.7 cm³/mol. The molecule has 1 amide bonds. The van der Waals surface area contributed by atoms with Gasteiger partial charge >= 0.3 is 12.4 Å². The highest BCUT2D eigenvalue weighted by Crippen LogP contribution is 2.37. The highest BCUT2D eigenvalue weighted by Gasteiger charge is 2.46. The number of hydrogen-bond acceptors (Lipinski definition) is 3. The number of hydrogen-bond donors (Lipinski definition) is 1. The number of amides is 1. The van der Waals surface area contributed by atoms with Crippen LogP contribution in [0, 0.1) is 0 Å². The predicted octanol–water partition coefficient (Wildman–Crippen LogP) is 1.45. The van der Waals surface area contributed by atoms with Gasteiger partial charge in [-0.15, -0.1) is 5.10 Å². The fourth-order valence-corrected chi connectivity index (χ4v) is 1.31. The molecular formula is C8H8F6N4O. The van der Waals surface area contributed by atoms with E-state index < -0.39 is 42.1 Å². The Morgan fingerprint density at radius 2 is 1.84 bits per heavy atom. The average Bonchev–Trinajstić information content (AvgIpc) is 2.56. The molecule has 0 aliphatic heterocycles. The van der Waals surface area contributed by atoms with Crippen LogP contribution >= 0.6 is 0 Å². The molecule has 2 N–H and O–H groups in total. The molecule has 0 aliphatic carbocycles. The van der Waals surface area contributed by atoms with Crippen LogP contribution in [-0.2, 0) is 17.4 Å². The molecule has 0 fully saturated rings. The molecule has 11 heteroatoms. The molecule has 1 rings (SSSR count). The van der Waals surface area contributed by atoms with Crippen LogP contribution in [0.4, 0.5) is 26.3 Å². The smallest absolute Gasteiger partial charge is 0.369 e. The zero-order valence-corrected chi connectivity index (χ0v) is 9.38. The molecule has 5 nitrogen and oxygen atoms in total. The second-order valence-electron chi connectivity index (χ2n) is 3.69. The van der Waals surface area contributed by atoms with E-state index in [2.05, 4.69) is 10.3 Å². The molecule has 0 saturated carbocycles. The number of primary amides is 1. The summed E-state index contributed by atoms with van der Waals surface area (Å²) in [6.45, 7) is 0.498. The lowest BCUT2D eigenvalue weighted by molar-refractivity contribution is -0.177. The molecule has 108 valence electrons. The number of carbonyl (C=O) groups excluding carboxylic acids is 1. The van der Waals surface area contributed by atoms with Gasteiger partial charge in [0, 0.05) is 0 Å². The average molecular weight is 290 g/mol. The van der Waals surface area contributed by atoms with E-state index in [0.717, 1.165) is 0 Å². The maximum absolute atomic E-state index is 12.7. The monoisotopic (exact) mass is 290 g/mol. The second-order valence-corrected chi connectivity index (χ2v) is 3.69. The standard InChI is InChI=1S/C8H8F6N4O/c1-3(7(9,10)11)18-6(8(12,13)14)4(16-17-18)2-5(15)19/h3H,2H2,1H3,(H2,15,19). The molecule has 0 aromatic carbocycles. The first-order valence-electron chi connectivity index (χ1n) is 4.81. The van der Waals surface area contributed by atoms with E-state index in [1.807, 2.05) is 0 Å². The van der Waals surface area contributed by atoms with Crippen LogP contribution < -0.4 is 5.73 Å². The molecule has 1 aromatic rings. The van der Waals surface area contributed by atoms with Gasteiger partial charge in [-0.3, -0.25) is 4.79 Å². The summed E-state index contributed by atoms with van der Waals surface area (Å²) in [6.07, 6.45) is -11.0. The zero-order valence-electron chi connectivity index (χ0n) is 9.38. The molecule has 0 bridgehead atoms. The topological polar surface area (TPSA) is 73.8 Å². The van der Waals surface area contributed by atoms with E-state index in [9.17, 15) is 31.1 Å². The Hall–Kier alpha value is -1.81. The normalized spacial score (nSPS) is 14.5. The first-order valence-corrected chi connectivity index (χ1v) is 4.81. The van der Waals surface area contributed by atoms with Crippen molar-refractivity contribution in [3.63, 3.8) is 0 Å². The van der Waals surface area contributed by atoms with Gasteiger partial charge in [0.2, 0.25) is 5.91 Å². The summed E-state index contributed by atoms with van der Waals surface area (Å²) in [4.78, 5) is 10.6. The first-order chi connectivity index (χ1) is 8.44. The van der Waals surface area contributed by atoms with Crippen LogP contribution in [0.1, 0.15) is 24.4 Å². The molecule has 1 atom stereocenters. The lowest BCUT2D eigenvalue weighted by atomic mass is 10.2. The lowest BCUT2D eigenvalue weighted by Crippen LogP contribution is -2.29. The summed E-state index contributed by atoms with van der Waals surface area (Å²) in [7, 11) is 0. The largest absolute Gasteiger partial charge is 0.434 e. The molecular weight excluding hydrogens is 282 g/mol. The van der Waals surface area contributed by atoms with Crippen LogP contribution in [0.15, 0.2) is 0 Å². The van der Waals surface area contributed by atoms with Gasteiger partial charge in [0.05, 0.1) is 6.42 Å². The summed E-state index contributed by atoms with van der Waals surface area (Å²) in [6, 6.07) is -2.53. The van der Waals surface area contributed by atoms with Crippen LogP contribution in [-0.4, -0.2) is 27.1 Å². The Labute approximate surface area is 102 Å². The van der Waals surface area contributed by atoms with E-state index in [4.69, 9.17) is 5.73 Å². The fraction of sp³-hybridized carbons (Fsp3) is 0.625. The van der Waals surface area contributed by atoms with Crippen LogP contribution in [0.3, 0.4) is 0 Å². The molecule has 19 heavy (non-hydrogen) atoms. The summed E-state index contributed by atoms with van der Waals surface area (Å²) >= 11 is 0. The number of nitrogens with two attached hydrogens (primary N) is 1. The molecule has 1 heterocycles. The third-order valence-corrected chi connectivity index (χ3v) is 2.21. The van der Waals surface area contributed by atoms with Crippen molar-refractivity contribution in [1.82, 2.24) is 15.0 Å². The third kappa shape index (κ3) is 3.35. The van der Waals surface area contributed by atoms with Gasteiger partial charge in [-0.25, -0.2) is 4.68 Å². The van der Waals surface area contributed by atoms with Gasteiger partial charge in [0.1, 0.15) is 11.7 Å². The van der Waals surface area contributed by atoms with E-state index in [1.165, 1.54) is 0 Å². The number of carbonyl (C=O) groups is 1. The quantitative estimate of drug-likeness (QED) is 0.856. The van der Waals surface area contributed by atoms with Crippen LogP contribution in [0.2, 0.25) is 0 Å². The summed E-state index contributed by atoms with van der Waals surface area (Å²) in [5, 5.41) is 5.77. The highest BCUT2D eigenvalue weighted by molar-refractivity contribution is 5.76. The fourth-order valence-electron chi connectivity index (χ4n) is 1.31. The Morgan fingerprint density at radius 3 is 2.21 bits per heavy atom. The number of alkyl halides is 6. The van der Waals surface area contributed by atoms with Gasteiger partial charge in [-0.05, 0) is 6.92 Å². The van der Waals surface area contributed by atoms with Gasteiger partial charge in [-0.2, -0.15) is 26.3 Å². The van der Waals surface area contributed by atoms with Crippen molar-refractivity contribution >= 4 is 5.91 Å². The van der Waals surface area contributed by atoms with Crippen molar-refractivity contribution in [2.75, 3.05) is 0 Å². The Kier molecular flexibility index (Phi) is 3.77.